The summed E-state index contributed by atoms with van der Waals surface area (Å²) in [5.74, 6) is 0. The minimum absolute atomic E-state index is 0.540. The molecule has 3 N–H and O–H groups in total. The summed E-state index contributed by atoms with van der Waals surface area (Å²) in [7, 11) is 2.15. The van der Waals surface area contributed by atoms with Gasteiger partial charge in [0.2, 0.25) is 11.3 Å². The van der Waals surface area contributed by atoms with Gasteiger partial charge in [-0.3, -0.25) is 4.55 Å². The predicted molar refractivity (Wildman–Crippen MR) is 95.5 cm³/mol. The lowest BCUT2D eigenvalue weighted by atomic mass is 9.97. The van der Waals surface area contributed by atoms with Gasteiger partial charge >= 0.3 is 0 Å². The Bertz CT molecular complexity index is 739. The maximum Gasteiger partial charge on any atom is 0.231 e. The summed E-state index contributed by atoms with van der Waals surface area (Å²) in [5, 5.41) is 1.27. The molecule has 0 saturated heterocycles. The zero-order valence-electron chi connectivity index (χ0n) is 13.3. The van der Waals surface area contributed by atoms with E-state index >= 15 is 0 Å². The van der Waals surface area contributed by atoms with E-state index in [1.807, 2.05) is 0 Å². The molecule has 0 amide bonds. The number of aromatic amines is 1. The van der Waals surface area contributed by atoms with Crippen LogP contribution in [-0.4, -0.2) is 45.3 Å². The molecule has 2 heterocycles. The van der Waals surface area contributed by atoms with E-state index in [4.69, 9.17) is 4.55 Å². The zero-order chi connectivity index (χ0) is 16.2. The van der Waals surface area contributed by atoms with Crippen molar-refractivity contribution in [3.8, 4) is 0 Å². The van der Waals surface area contributed by atoms with Crippen molar-refractivity contribution in [2.75, 3.05) is 26.7 Å². The topological polar surface area (TPSA) is 68.4 Å². The fourth-order valence-corrected chi connectivity index (χ4v) is 3.38. The lowest BCUT2D eigenvalue weighted by Crippen LogP contribution is -2.23. The van der Waals surface area contributed by atoms with Gasteiger partial charge in [0, 0.05) is 42.3 Å². The Balaban J connectivity index is 1.76. The summed E-state index contributed by atoms with van der Waals surface area (Å²) in [5.41, 5.74) is 5.16. The number of benzene rings is 1. The van der Waals surface area contributed by atoms with Crippen molar-refractivity contribution in [2.45, 2.75) is 19.3 Å². The summed E-state index contributed by atoms with van der Waals surface area (Å²) in [6, 6.07) is 6.50. The van der Waals surface area contributed by atoms with Gasteiger partial charge < -0.3 is 9.88 Å². The first-order valence-corrected chi connectivity index (χ1v) is 9.06. The molecule has 23 heavy (non-hydrogen) atoms. The smallest absolute Gasteiger partial charge is 0.231 e. The monoisotopic (exact) mass is 333 g/mol. The van der Waals surface area contributed by atoms with Gasteiger partial charge in [-0.25, -0.2) is 8.93 Å². The van der Waals surface area contributed by atoms with Gasteiger partial charge in [0.15, 0.2) is 0 Å². The number of aromatic nitrogens is 1. The number of hydrogen-bond acceptors (Lipinski definition) is 2. The SMILES string of the molecule is CN1CC=C(c2c[nH]c3ccc(CCCNS(=O)O)cc23)CC1. The third-order valence-electron chi connectivity index (χ3n) is 4.37. The first kappa shape index (κ1) is 16.4. The molecule has 0 spiro atoms. The Morgan fingerprint density at radius 3 is 3.04 bits per heavy atom. The molecule has 124 valence electrons. The van der Waals surface area contributed by atoms with Crippen LogP contribution in [0.25, 0.3) is 16.5 Å². The largest absolute Gasteiger partial charge is 0.361 e. The fourth-order valence-electron chi connectivity index (χ4n) is 3.06. The molecule has 0 fully saturated rings. The molecule has 1 aliphatic heterocycles. The van der Waals surface area contributed by atoms with Crippen molar-refractivity contribution in [3.05, 3.63) is 41.6 Å². The fraction of sp³-hybridized carbons (Fsp3) is 0.412. The molecule has 6 heteroatoms. The highest BCUT2D eigenvalue weighted by atomic mass is 32.2. The van der Waals surface area contributed by atoms with Crippen LogP contribution in [0.5, 0.6) is 0 Å². The van der Waals surface area contributed by atoms with Crippen LogP contribution in [0, 0.1) is 0 Å². The minimum atomic E-state index is -1.92. The lowest BCUT2D eigenvalue weighted by Gasteiger charge is -2.21. The number of likely N-dealkylation sites (N-methyl/N-ethyl adjacent to an activating group) is 1. The molecule has 3 rings (SSSR count). The van der Waals surface area contributed by atoms with Crippen LogP contribution in [0.15, 0.2) is 30.5 Å². The van der Waals surface area contributed by atoms with Crippen molar-refractivity contribution in [1.82, 2.24) is 14.6 Å². The summed E-state index contributed by atoms with van der Waals surface area (Å²) < 4.78 is 21.8. The van der Waals surface area contributed by atoms with Crippen molar-refractivity contribution in [2.24, 2.45) is 0 Å². The van der Waals surface area contributed by atoms with E-state index in [2.05, 4.69) is 52.1 Å². The summed E-state index contributed by atoms with van der Waals surface area (Å²) >= 11 is -1.92. The second-order valence-corrected chi connectivity index (χ2v) is 6.86. The lowest BCUT2D eigenvalue weighted by molar-refractivity contribution is 0.370. The highest BCUT2D eigenvalue weighted by Gasteiger charge is 2.13. The molecular weight excluding hydrogens is 310 g/mol. The van der Waals surface area contributed by atoms with Gasteiger partial charge in [-0.1, -0.05) is 12.1 Å². The second-order valence-electron chi connectivity index (χ2n) is 6.07. The maximum atomic E-state index is 10.6. The van der Waals surface area contributed by atoms with E-state index < -0.39 is 11.3 Å². The van der Waals surface area contributed by atoms with Crippen molar-refractivity contribution in [3.63, 3.8) is 0 Å². The summed E-state index contributed by atoms with van der Waals surface area (Å²) in [6.45, 7) is 2.65. The molecule has 5 nitrogen and oxygen atoms in total. The Labute approximate surface area is 139 Å². The van der Waals surface area contributed by atoms with E-state index in [1.165, 1.54) is 22.1 Å². The number of H-pyrrole nitrogens is 1. The second kappa shape index (κ2) is 7.40. The highest BCUT2D eigenvalue weighted by molar-refractivity contribution is 7.77. The molecule has 1 aromatic carbocycles. The van der Waals surface area contributed by atoms with Crippen molar-refractivity contribution >= 4 is 27.7 Å². The number of nitrogens with one attached hydrogen (secondary N) is 2. The van der Waals surface area contributed by atoms with Gasteiger partial charge in [0.25, 0.3) is 0 Å². The highest BCUT2D eigenvalue weighted by Crippen LogP contribution is 2.29. The Morgan fingerprint density at radius 1 is 1.43 bits per heavy atom. The minimum Gasteiger partial charge on any atom is -0.361 e. The molecule has 1 aromatic heterocycles. The normalized spacial score (nSPS) is 17.4. The van der Waals surface area contributed by atoms with Crippen molar-refractivity contribution in [1.29, 1.82) is 0 Å². The average molecular weight is 333 g/mol. The number of nitrogens with zero attached hydrogens (tertiary/aromatic N) is 1. The quantitative estimate of drug-likeness (QED) is 0.562. The molecule has 0 bridgehead atoms. The Hall–Kier alpha value is -1.47. The number of aryl methyl sites for hydroxylation is 1. The third-order valence-corrected chi connectivity index (χ3v) is 4.82. The van der Waals surface area contributed by atoms with Crippen LogP contribution in [0.2, 0.25) is 0 Å². The van der Waals surface area contributed by atoms with E-state index in [0.29, 0.717) is 6.54 Å². The molecule has 1 aliphatic rings. The molecule has 2 aromatic rings. The van der Waals surface area contributed by atoms with Crippen LogP contribution in [0.4, 0.5) is 0 Å². The maximum absolute atomic E-state index is 10.6. The van der Waals surface area contributed by atoms with Crippen LogP contribution in [0.1, 0.15) is 24.0 Å². The van der Waals surface area contributed by atoms with E-state index in [9.17, 15) is 4.21 Å². The van der Waals surface area contributed by atoms with Gasteiger partial charge in [0.1, 0.15) is 0 Å². The van der Waals surface area contributed by atoms with Gasteiger partial charge in [-0.15, -0.1) is 0 Å². The summed E-state index contributed by atoms with van der Waals surface area (Å²) in [4.78, 5) is 5.69. The molecule has 1 unspecified atom stereocenters. The van der Waals surface area contributed by atoms with Crippen LogP contribution in [-0.2, 0) is 17.7 Å². The molecular formula is C17H23N3O2S. The summed E-state index contributed by atoms with van der Waals surface area (Å²) in [6.07, 6.45) is 7.25. The molecule has 0 aliphatic carbocycles. The molecule has 0 saturated carbocycles. The van der Waals surface area contributed by atoms with Gasteiger partial charge in [-0.05, 0) is 49.6 Å². The Morgan fingerprint density at radius 2 is 2.30 bits per heavy atom. The third kappa shape index (κ3) is 4.09. The van der Waals surface area contributed by atoms with Crippen LogP contribution < -0.4 is 4.72 Å². The van der Waals surface area contributed by atoms with E-state index in [0.717, 1.165) is 37.9 Å². The van der Waals surface area contributed by atoms with Gasteiger partial charge in [0.05, 0.1) is 0 Å². The number of rotatable bonds is 6. The first-order chi connectivity index (χ1) is 11.1. The zero-order valence-corrected chi connectivity index (χ0v) is 14.2. The van der Waals surface area contributed by atoms with E-state index in [1.54, 1.807) is 0 Å². The average Bonchev–Trinajstić information content (AvgIpc) is 2.95. The van der Waals surface area contributed by atoms with Crippen LogP contribution >= 0.6 is 0 Å². The molecule has 1 atom stereocenters. The van der Waals surface area contributed by atoms with E-state index in [-0.39, 0.29) is 0 Å². The predicted octanol–water partition coefficient (Wildman–Crippen LogP) is 2.55. The first-order valence-electron chi connectivity index (χ1n) is 7.96. The molecule has 0 radical (unpaired) electrons. The number of hydrogen-bond donors (Lipinski definition) is 3. The number of fused-ring (bicyclic) bond motifs is 1. The van der Waals surface area contributed by atoms with Crippen molar-refractivity contribution < 1.29 is 8.76 Å². The standard InChI is InChI=1S/C17H23N3O2S/c1-20-9-6-14(7-10-20)16-12-18-17-5-4-13(11-15(16)17)3-2-8-19-23(21)22/h4-6,11-12,18-19H,2-3,7-10H2,1H3,(H,21,22). The van der Waals surface area contributed by atoms with Crippen LogP contribution in [0.3, 0.4) is 0 Å². The Kier molecular flexibility index (Phi) is 5.27. The van der Waals surface area contributed by atoms with Gasteiger partial charge in [-0.2, -0.15) is 0 Å².